The van der Waals surface area contributed by atoms with Gasteiger partial charge >= 0.3 is 0 Å². The molecule has 1 aromatic carbocycles. The summed E-state index contributed by atoms with van der Waals surface area (Å²) in [6.45, 7) is 5.34. The number of aromatic nitrogens is 2. The van der Waals surface area contributed by atoms with E-state index in [2.05, 4.69) is 15.3 Å². The van der Waals surface area contributed by atoms with E-state index < -0.39 is 11.6 Å². The number of anilines is 3. The van der Waals surface area contributed by atoms with E-state index in [1.54, 1.807) is 0 Å². The average Bonchev–Trinajstić information content (AvgIpc) is 2.35. The standard InChI is InChI=1S/C14H16F2N4/c1-7(2)14-19-12(17)6-13(20-14)18-11-5-9(15)8(3)4-10(11)16/h4-7H,1-3H3,(H3,17,18,19,20). The Morgan fingerprint density at radius 1 is 1.10 bits per heavy atom. The lowest BCUT2D eigenvalue weighted by molar-refractivity contribution is 0.595. The van der Waals surface area contributed by atoms with Gasteiger partial charge in [-0.2, -0.15) is 0 Å². The average molecular weight is 278 g/mol. The Morgan fingerprint density at radius 3 is 2.45 bits per heavy atom. The Balaban J connectivity index is 2.37. The second-order valence-corrected chi connectivity index (χ2v) is 4.90. The van der Waals surface area contributed by atoms with Gasteiger partial charge in [-0.1, -0.05) is 13.8 Å². The normalized spacial score (nSPS) is 10.9. The van der Waals surface area contributed by atoms with Crippen LogP contribution in [0, 0.1) is 18.6 Å². The molecular weight excluding hydrogens is 262 g/mol. The second-order valence-electron chi connectivity index (χ2n) is 4.90. The van der Waals surface area contributed by atoms with E-state index in [0.717, 1.165) is 12.1 Å². The van der Waals surface area contributed by atoms with Gasteiger partial charge in [-0.25, -0.2) is 18.7 Å². The summed E-state index contributed by atoms with van der Waals surface area (Å²) in [7, 11) is 0. The molecule has 1 aromatic heterocycles. The fourth-order valence-electron chi connectivity index (χ4n) is 1.69. The van der Waals surface area contributed by atoms with E-state index in [0.29, 0.717) is 11.6 Å². The highest BCUT2D eigenvalue weighted by Crippen LogP contribution is 2.23. The lowest BCUT2D eigenvalue weighted by Gasteiger charge is -2.11. The molecule has 106 valence electrons. The Bertz CT molecular complexity index is 641. The minimum atomic E-state index is -0.549. The summed E-state index contributed by atoms with van der Waals surface area (Å²) < 4.78 is 27.3. The Hall–Kier alpha value is -2.24. The summed E-state index contributed by atoms with van der Waals surface area (Å²) in [5, 5.41) is 2.73. The number of nitrogen functional groups attached to an aromatic ring is 1. The molecule has 1 heterocycles. The zero-order valence-corrected chi connectivity index (χ0v) is 11.5. The largest absolute Gasteiger partial charge is 0.384 e. The number of benzene rings is 1. The first-order chi connectivity index (χ1) is 9.36. The van der Waals surface area contributed by atoms with E-state index in [1.165, 1.54) is 13.0 Å². The Labute approximate surface area is 116 Å². The quantitative estimate of drug-likeness (QED) is 0.901. The number of nitrogens with zero attached hydrogens (tertiary/aromatic N) is 2. The number of nitrogens with two attached hydrogens (primary N) is 1. The van der Waals surface area contributed by atoms with Crippen LogP contribution in [0.15, 0.2) is 18.2 Å². The van der Waals surface area contributed by atoms with Crippen molar-refractivity contribution >= 4 is 17.3 Å². The van der Waals surface area contributed by atoms with Crippen LogP contribution < -0.4 is 11.1 Å². The molecule has 0 amide bonds. The molecule has 0 aliphatic rings. The van der Waals surface area contributed by atoms with Crippen LogP contribution >= 0.6 is 0 Å². The third-order valence-electron chi connectivity index (χ3n) is 2.79. The molecule has 0 bridgehead atoms. The van der Waals surface area contributed by atoms with Gasteiger partial charge in [0.05, 0.1) is 5.69 Å². The van der Waals surface area contributed by atoms with Crippen LogP contribution in [-0.2, 0) is 0 Å². The van der Waals surface area contributed by atoms with Gasteiger partial charge in [-0.15, -0.1) is 0 Å². The molecule has 20 heavy (non-hydrogen) atoms. The molecule has 0 fully saturated rings. The van der Waals surface area contributed by atoms with Crippen molar-refractivity contribution in [2.45, 2.75) is 26.7 Å². The second kappa shape index (κ2) is 5.40. The first kappa shape index (κ1) is 14.2. The minimum Gasteiger partial charge on any atom is -0.384 e. The van der Waals surface area contributed by atoms with Crippen molar-refractivity contribution in [3.8, 4) is 0 Å². The molecule has 0 atom stereocenters. The molecule has 4 nitrogen and oxygen atoms in total. The maximum Gasteiger partial charge on any atom is 0.147 e. The molecule has 0 saturated heterocycles. The summed E-state index contributed by atoms with van der Waals surface area (Å²) >= 11 is 0. The zero-order valence-electron chi connectivity index (χ0n) is 11.5. The predicted octanol–water partition coefficient (Wildman–Crippen LogP) is 3.51. The highest BCUT2D eigenvalue weighted by atomic mass is 19.1. The molecule has 0 radical (unpaired) electrons. The van der Waals surface area contributed by atoms with Gasteiger partial charge in [0, 0.05) is 18.1 Å². The van der Waals surface area contributed by atoms with Crippen LogP contribution in [0.2, 0.25) is 0 Å². The van der Waals surface area contributed by atoms with Gasteiger partial charge in [0.15, 0.2) is 0 Å². The molecule has 0 aliphatic heterocycles. The van der Waals surface area contributed by atoms with Crippen molar-refractivity contribution in [3.05, 3.63) is 41.2 Å². The maximum atomic E-state index is 13.8. The molecule has 0 spiro atoms. The van der Waals surface area contributed by atoms with E-state index >= 15 is 0 Å². The minimum absolute atomic E-state index is 0.0147. The zero-order chi connectivity index (χ0) is 14.9. The highest BCUT2D eigenvalue weighted by molar-refractivity contribution is 5.59. The van der Waals surface area contributed by atoms with Crippen molar-refractivity contribution in [2.75, 3.05) is 11.1 Å². The van der Waals surface area contributed by atoms with E-state index in [4.69, 9.17) is 5.73 Å². The molecule has 0 saturated carbocycles. The fraction of sp³-hybridized carbons (Fsp3) is 0.286. The predicted molar refractivity (Wildman–Crippen MR) is 74.9 cm³/mol. The van der Waals surface area contributed by atoms with Crippen LogP contribution in [0.1, 0.15) is 31.2 Å². The SMILES string of the molecule is Cc1cc(F)c(Nc2cc(N)nc(C(C)C)n2)cc1F. The number of halogens is 2. The summed E-state index contributed by atoms with van der Waals surface area (Å²) in [5.74, 6) is 0.203. The maximum absolute atomic E-state index is 13.8. The summed E-state index contributed by atoms with van der Waals surface area (Å²) in [5.41, 5.74) is 5.95. The van der Waals surface area contributed by atoms with Crippen LogP contribution in [-0.4, -0.2) is 9.97 Å². The monoisotopic (exact) mass is 278 g/mol. The van der Waals surface area contributed by atoms with Crippen LogP contribution in [0.3, 0.4) is 0 Å². The summed E-state index contributed by atoms with van der Waals surface area (Å²) in [6, 6.07) is 3.70. The van der Waals surface area contributed by atoms with Gasteiger partial charge in [0.2, 0.25) is 0 Å². The molecular formula is C14H16F2N4. The van der Waals surface area contributed by atoms with Gasteiger partial charge < -0.3 is 11.1 Å². The first-order valence-electron chi connectivity index (χ1n) is 6.24. The van der Waals surface area contributed by atoms with Crippen LogP contribution in [0.5, 0.6) is 0 Å². The first-order valence-corrected chi connectivity index (χ1v) is 6.24. The van der Waals surface area contributed by atoms with Crippen molar-refractivity contribution in [1.29, 1.82) is 0 Å². The molecule has 2 aromatic rings. The van der Waals surface area contributed by atoms with Gasteiger partial charge in [-0.05, 0) is 18.6 Å². The molecule has 0 aliphatic carbocycles. The number of nitrogens with one attached hydrogen (secondary N) is 1. The lowest BCUT2D eigenvalue weighted by atomic mass is 10.2. The van der Waals surface area contributed by atoms with Crippen molar-refractivity contribution in [1.82, 2.24) is 9.97 Å². The van der Waals surface area contributed by atoms with E-state index in [1.807, 2.05) is 13.8 Å². The van der Waals surface area contributed by atoms with E-state index in [9.17, 15) is 8.78 Å². The van der Waals surface area contributed by atoms with Gasteiger partial charge in [0.1, 0.15) is 29.1 Å². The Kier molecular flexibility index (Phi) is 3.83. The van der Waals surface area contributed by atoms with Crippen LogP contribution in [0.4, 0.5) is 26.1 Å². The number of hydrogen-bond donors (Lipinski definition) is 2. The smallest absolute Gasteiger partial charge is 0.147 e. The van der Waals surface area contributed by atoms with Crippen molar-refractivity contribution in [3.63, 3.8) is 0 Å². The number of rotatable bonds is 3. The fourth-order valence-corrected chi connectivity index (χ4v) is 1.69. The lowest BCUT2D eigenvalue weighted by Crippen LogP contribution is -2.06. The van der Waals surface area contributed by atoms with Crippen LogP contribution in [0.25, 0.3) is 0 Å². The number of hydrogen-bond acceptors (Lipinski definition) is 4. The van der Waals surface area contributed by atoms with Gasteiger partial charge in [-0.3, -0.25) is 0 Å². The third kappa shape index (κ3) is 3.01. The van der Waals surface area contributed by atoms with Gasteiger partial charge in [0.25, 0.3) is 0 Å². The summed E-state index contributed by atoms with van der Waals surface area (Å²) in [4.78, 5) is 8.32. The van der Waals surface area contributed by atoms with Crippen molar-refractivity contribution in [2.24, 2.45) is 0 Å². The summed E-state index contributed by atoms with van der Waals surface area (Å²) in [6.07, 6.45) is 0. The highest BCUT2D eigenvalue weighted by Gasteiger charge is 2.11. The Morgan fingerprint density at radius 2 is 1.80 bits per heavy atom. The molecule has 6 heteroatoms. The van der Waals surface area contributed by atoms with E-state index in [-0.39, 0.29) is 23.0 Å². The molecule has 0 unspecified atom stereocenters. The third-order valence-corrected chi connectivity index (χ3v) is 2.79. The van der Waals surface area contributed by atoms with Crippen molar-refractivity contribution < 1.29 is 8.78 Å². The topological polar surface area (TPSA) is 63.8 Å². The number of aryl methyl sites for hydroxylation is 1. The molecule has 2 rings (SSSR count). The molecule has 3 N–H and O–H groups in total.